The molecule has 118 valence electrons. The number of carbonyl (C=O) groups excluding carboxylic acids is 2. The van der Waals surface area contributed by atoms with Crippen LogP contribution in [0.1, 0.15) is 12.0 Å². The Morgan fingerprint density at radius 3 is 2.87 bits per heavy atom. The first-order chi connectivity index (χ1) is 11.0. The monoisotopic (exact) mass is 346 g/mol. The van der Waals surface area contributed by atoms with Crippen LogP contribution in [0.2, 0.25) is 5.02 Å². The average molecular weight is 347 g/mol. The fourth-order valence-corrected chi connectivity index (χ4v) is 3.62. The second kappa shape index (κ2) is 6.64. The number of benzene rings is 2. The van der Waals surface area contributed by atoms with Crippen molar-refractivity contribution >= 4 is 46.6 Å². The maximum Gasteiger partial charge on any atom is 0.238 e. The van der Waals surface area contributed by atoms with Crippen LogP contribution in [-0.4, -0.2) is 17.1 Å². The lowest BCUT2D eigenvalue weighted by Gasteiger charge is -2.23. The molecule has 0 spiro atoms. The minimum Gasteiger partial charge on any atom is -0.326 e. The van der Waals surface area contributed by atoms with Gasteiger partial charge < -0.3 is 10.6 Å². The summed E-state index contributed by atoms with van der Waals surface area (Å²) < 4.78 is 0. The molecule has 6 heteroatoms. The summed E-state index contributed by atoms with van der Waals surface area (Å²) in [6, 6.07) is 12.9. The van der Waals surface area contributed by atoms with Gasteiger partial charge in [0.15, 0.2) is 0 Å². The van der Waals surface area contributed by atoms with E-state index in [0.717, 1.165) is 16.1 Å². The zero-order valence-electron chi connectivity index (χ0n) is 12.4. The molecule has 1 aliphatic heterocycles. The van der Waals surface area contributed by atoms with E-state index in [-0.39, 0.29) is 18.2 Å². The minimum absolute atomic E-state index is 0.108. The van der Waals surface area contributed by atoms with Crippen molar-refractivity contribution in [2.75, 3.05) is 10.6 Å². The predicted octanol–water partition coefficient (Wildman–Crippen LogP) is 4.09. The van der Waals surface area contributed by atoms with E-state index < -0.39 is 5.25 Å². The molecule has 0 bridgehead atoms. The lowest BCUT2D eigenvalue weighted by Crippen LogP contribution is -2.32. The van der Waals surface area contributed by atoms with Gasteiger partial charge in [-0.1, -0.05) is 29.8 Å². The van der Waals surface area contributed by atoms with Crippen LogP contribution in [0.15, 0.2) is 47.4 Å². The van der Waals surface area contributed by atoms with E-state index in [1.165, 1.54) is 11.8 Å². The SMILES string of the molecule is Cc1c(Cl)cccc1NC(=O)C[C@@H]1Sc2ccccc2NC1=O. The molecule has 0 saturated carbocycles. The molecule has 3 rings (SSSR count). The fourth-order valence-electron chi connectivity index (χ4n) is 2.34. The van der Waals surface area contributed by atoms with Gasteiger partial charge in [0.1, 0.15) is 0 Å². The first-order valence-corrected chi connectivity index (χ1v) is 8.42. The number of carbonyl (C=O) groups is 2. The Labute approximate surface area is 143 Å². The molecule has 0 aliphatic carbocycles. The fraction of sp³-hybridized carbons (Fsp3) is 0.176. The van der Waals surface area contributed by atoms with Gasteiger partial charge in [-0.05, 0) is 36.8 Å². The molecule has 2 aromatic carbocycles. The number of amides is 2. The van der Waals surface area contributed by atoms with E-state index in [4.69, 9.17) is 11.6 Å². The highest BCUT2D eigenvalue weighted by atomic mass is 35.5. The molecule has 0 saturated heterocycles. The van der Waals surface area contributed by atoms with E-state index in [1.807, 2.05) is 31.2 Å². The highest BCUT2D eigenvalue weighted by Crippen LogP contribution is 2.36. The smallest absolute Gasteiger partial charge is 0.238 e. The zero-order chi connectivity index (χ0) is 16.4. The number of rotatable bonds is 3. The molecule has 2 N–H and O–H groups in total. The number of hydrogen-bond donors (Lipinski definition) is 2. The van der Waals surface area contributed by atoms with Crippen LogP contribution in [0.3, 0.4) is 0 Å². The number of anilines is 2. The zero-order valence-corrected chi connectivity index (χ0v) is 14.0. The second-order valence-corrected chi connectivity index (χ2v) is 6.91. The van der Waals surface area contributed by atoms with Crippen LogP contribution >= 0.6 is 23.4 Å². The van der Waals surface area contributed by atoms with Crippen molar-refractivity contribution in [3.05, 3.63) is 53.1 Å². The third-order valence-electron chi connectivity index (χ3n) is 3.62. The lowest BCUT2D eigenvalue weighted by atomic mass is 10.2. The predicted molar refractivity (Wildman–Crippen MR) is 94.2 cm³/mol. The summed E-state index contributed by atoms with van der Waals surface area (Å²) in [6.07, 6.45) is 0.108. The third kappa shape index (κ3) is 3.51. The molecule has 0 fully saturated rings. The van der Waals surface area contributed by atoms with Gasteiger partial charge in [0, 0.05) is 22.0 Å². The first kappa shape index (κ1) is 15.9. The van der Waals surface area contributed by atoms with E-state index in [1.54, 1.807) is 18.2 Å². The maximum atomic E-state index is 12.3. The Hall–Kier alpha value is -1.98. The lowest BCUT2D eigenvalue weighted by molar-refractivity contribution is -0.120. The van der Waals surface area contributed by atoms with E-state index in [2.05, 4.69) is 10.6 Å². The quantitative estimate of drug-likeness (QED) is 0.880. The molecular weight excluding hydrogens is 332 g/mol. The van der Waals surface area contributed by atoms with Crippen molar-refractivity contribution in [1.29, 1.82) is 0 Å². The number of para-hydroxylation sites is 1. The normalized spacial score (nSPS) is 16.4. The Balaban J connectivity index is 1.69. The van der Waals surface area contributed by atoms with Crippen molar-refractivity contribution in [1.82, 2.24) is 0 Å². The average Bonchev–Trinajstić information content (AvgIpc) is 2.52. The number of fused-ring (bicyclic) bond motifs is 1. The Morgan fingerprint density at radius 1 is 1.26 bits per heavy atom. The number of thioether (sulfide) groups is 1. The highest BCUT2D eigenvalue weighted by molar-refractivity contribution is 8.01. The molecule has 0 unspecified atom stereocenters. The summed E-state index contributed by atoms with van der Waals surface area (Å²) in [5, 5.41) is 5.82. The molecule has 0 radical (unpaired) electrons. The topological polar surface area (TPSA) is 58.2 Å². The van der Waals surface area contributed by atoms with Gasteiger partial charge in [0.05, 0.1) is 10.9 Å². The number of nitrogens with one attached hydrogen (secondary N) is 2. The van der Waals surface area contributed by atoms with Crippen molar-refractivity contribution < 1.29 is 9.59 Å². The Morgan fingerprint density at radius 2 is 2.04 bits per heavy atom. The Kier molecular flexibility index (Phi) is 4.59. The van der Waals surface area contributed by atoms with Crippen molar-refractivity contribution in [2.24, 2.45) is 0 Å². The van der Waals surface area contributed by atoms with Crippen LogP contribution in [-0.2, 0) is 9.59 Å². The van der Waals surface area contributed by atoms with Crippen LogP contribution in [0.4, 0.5) is 11.4 Å². The Bertz CT molecular complexity index is 779. The third-order valence-corrected chi connectivity index (χ3v) is 5.30. The molecule has 1 heterocycles. The summed E-state index contributed by atoms with van der Waals surface area (Å²) in [5.74, 6) is -0.353. The highest BCUT2D eigenvalue weighted by Gasteiger charge is 2.28. The van der Waals surface area contributed by atoms with Gasteiger partial charge in [-0.3, -0.25) is 9.59 Å². The number of hydrogen-bond acceptors (Lipinski definition) is 3. The van der Waals surface area contributed by atoms with Gasteiger partial charge in [-0.2, -0.15) is 0 Å². The number of halogens is 1. The van der Waals surface area contributed by atoms with Crippen molar-refractivity contribution in [3.8, 4) is 0 Å². The summed E-state index contributed by atoms with van der Waals surface area (Å²) in [7, 11) is 0. The molecule has 1 aliphatic rings. The molecule has 23 heavy (non-hydrogen) atoms. The van der Waals surface area contributed by atoms with Crippen molar-refractivity contribution in [3.63, 3.8) is 0 Å². The maximum absolute atomic E-state index is 12.3. The summed E-state index contributed by atoms with van der Waals surface area (Å²) in [4.78, 5) is 25.4. The van der Waals surface area contributed by atoms with Gasteiger partial charge in [0.2, 0.25) is 11.8 Å². The van der Waals surface area contributed by atoms with Gasteiger partial charge in [-0.25, -0.2) is 0 Å². The van der Waals surface area contributed by atoms with E-state index in [0.29, 0.717) is 10.7 Å². The first-order valence-electron chi connectivity index (χ1n) is 7.16. The van der Waals surface area contributed by atoms with Crippen LogP contribution in [0, 0.1) is 6.92 Å². The van der Waals surface area contributed by atoms with E-state index >= 15 is 0 Å². The molecule has 4 nitrogen and oxygen atoms in total. The van der Waals surface area contributed by atoms with Crippen LogP contribution in [0.25, 0.3) is 0 Å². The van der Waals surface area contributed by atoms with Gasteiger partial charge in [-0.15, -0.1) is 11.8 Å². The summed E-state index contributed by atoms with van der Waals surface area (Å²) >= 11 is 7.46. The molecule has 1 atom stereocenters. The van der Waals surface area contributed by atoms with E-state index in [9.17, 15) is 9.59 Å². The molecule has 2 amide bonds. The van der Waals surface area contributed by atoms with Crippen LogP contribution in [0.5, 0.6) is 0 Å². The summed E-state index contributed by atoms with van der Waals surface area (Å²) in [5.41, 5.74) is 2.28. The van der Waals surface area contributed by atoms with Crippen LogP contribution < -0.4 is 10.6 Å². The minimum atomic E-state index is -0.440. The standard InChI is InChI=1S/C17H15ClN2O2S/c1-10-11(18)5-4-7-12(10)19-16(21)9-15-17(22)20-13-6-2-3-8-14(13)23-15/h2-8,15H,9H2,1H3,(H,19,21)(H,20,22)/t15-/m0/s1. The largest absolute Gasteiger partial charge is 0.326 e. The van der Waals surface area contributed by atoms with Gasteiger partial charge in [0.25, 0.3) is 0 Å². The molecule has 0 aromatic heterocycles. The van der Waals surface area contributed by atoms with Gasteiger partial charge >= 0.3 is 0 Å². The molecule has 2 aromatic rings. The summed E-state index contributed by atoms with van der Waals surface area (Å²) in [6.45, 7) is 1.84. The van der Waals surface area contributed by atoms with Crippen molar-refractivity contribution in [2.45, 2.75) is 23.5 Å². The molecular formula is C17H15ClN2O2S. The second-order valence-electron chi connectivity index (χ2n) is 5.26.